The lowest BCUT2D eigenvalue weighted by Crippen LogP contribution is -2.45. The van der Waals surface area contributed by atoms with Gasteiger partial charge in [-0.1, -0.05) is 31.2 Å². The quantitative estimate of drug-likeness (QED) is 0.272. The van der Waals surface area contributed by atoms with Gasteiger partial charge in [0.05, 0.1) is 17.3 Å². The van der Waals surface area contributed by atoms with Crippen molar-refractivity contribution in [1.29, 1.82) is 10.8 Å². The second-order valence-electron chi connectivity index (χ2n) is 11.1. The number of benzene rings is 2. The van der Waals surface area contributed by atoms with Gasteiger partial charge >= 0.3 is 0 Å². The average Bonchev–Trinajstić information content (AvgIpc) is 3.76. The highest BCUT2D eigenvalue weighted by Crippen LogP contribution is 2.50. The van der Waals surface area contributed by atoms with Gasteiger partial charge in [0.15, 0.2) is 5.67 Å². The molecule has 0 spiro atoms. The van der Waals surface area contributed by atoms with Crippen LogP contribution in [0, 0.1) is 29.6 Å². The Kier molecular flexibility index (Phi) is 6.91. The number of piperidine rings is 1. The zero-order valence-corrected chi connectivity index (χ0v) is 22.4. The maximum atomic E-state index is 16.5. The van der Waals surface area contributed by atoms with E-state index in [0.29, 0.717) is 35.9 Å². The van der Waals surface area contributed by atoms with Crippen LogP contribution >= 0.6 is 0 Å². The van der Waals surface area contributed by atoms with Gasteiger partial charge in [0.2, 0.25) is 5.43 Å². The van der Waals surface area contributed by atoms with E-state index in [2.05, 4.69) is 0 Å². The minimum Gasteiger partial charge on any atom is -0.463 e. The standard InChI is InChI=1S/C30H33F3N4O2/c1-18-11-20(15-37-10-9-29(31,32)19(2)14-37)12-24-26(38)25(16-39-27(18)24)21-5-4-6-23(13-21)30(33,22-7-8-22)28(35)36(3)17-34/h4-6,11-13,16-17,19,22,34-35H,7-10,14-15H2,1-3H3/t19-,30?/m1/s1. The molecule has 39 heavy (non-hydrogen) atoms. The monoisotopic (exact) mass is 538 g/mol. The van der Waals surface area contributed by atoms with Crippen molar-refractivity contribution in [3.8, 4) is 11.1 Å². The third kappa shape index (κ3) is 4.88. The Morgan fingerprint density at radius 1 is 1.28 bits per heavy atom. The zero-order valence-electron chi connectivity index (χ0n) is 22.4. The van der Waals surface area contributed by atoms with Crippen LogP contribution in [0.15, 0.2) is 51.9 Å². The summed E-state index contributed by atoms with van der Waals surface area (Å²) in [6.07, 6.45) is 3.40. The largest absolute Gasteiger partial charge is 0.463 e. The topological polar surface area (TPSA) is 84.4 Å². The highest BCUT2D eigenvalue weighted by molar-refractivity contribution is 5.96. The van der Waals surface area contributed by atoms with Crippen LogP contribution in [0.2, 0.25) is 0 Å². The molecule has 1 aliphatic carbocycles. The van der Waals surface area contributed by atoms with Crippen LogP contribution in [0.25, 0.3) is 22.1 Å². The van der Waals surface area contributed by atoms with Crippen LogP contribution in [-0.2, 0) is 12.2 Å². The highest BCUT2D eigenvalue weighted by Gasteiger charge is 2.52. The summed E-state index contributed by atoms with van der Waals surface area (Å²) >= 11 is 0. The molecule has 2 heterocycles. The van der Waals surface area contributed by atoms with Crippen LogP contribution in [0.1, 0.15) is 42.9 Å². The number of likely N-dealkylation sites (N-methyl/N-ethyl adjacent to an activating group) is 1. The first kappa shape index (κ1) is 27.1. The average molecular weight is 539 g/mol. The fourth-order valence-electron chi connectivity index (χ4n) is 5.63. The predicted octanol–water partition coefficient (Wildman–Crippen LogP) is 6.34. The van der Waals surface area contributed by atoms with E-state index in [0.717, 1.165) is 22.4 Å². The van der Waals surface area contributed by atoms with Crippen molar-refractivity contribution < 1.29 is 17.6 Å². The maximum Gasteiger partial charge on any atom is 0.253 e. The van der Waals surface area contributed by atoms with Crippen LogP contribution in [-0.4, -0.2) is 48.0 Å². The number of fused-ring (bicyclic) bond motifs is 1. The summed E-state index contributed by atoms with van der Waals surface area (Å²) in [4.78, 5) is 16.9. The first-order valence-electron chi connectivity index (χ1n) is 13.2. The summed E-state index contributed by atoms with van der Waals surface area (Å²) in [5.74, 6) is -4.08. The second-order valence-corrected chi connectivity index (χ2v) is 11.1. The molecule has 1 saturated carbocycles. The molecule has 206 valence electrons. The van der Waals surface area contributed by atoms with E-state index in [-0.39, 0.29) is 47.8 Å². The van der Waals surface area contributed by atoms with Gasteiger partial charge in [0.1, 0.15) is 17.7 Å². The van der Waals surface area contributed by atoms with Crippen molar-refractivity contribution in [2.45, 2.75) is 51.2 Å². The van der Waals surface area contributed by atoms with Gasteiger partial charge in [0.25, 0.3) is 5.92 Å². The molecule has 0 radical (unpaired) electrons. The van der Waals surface area contributed by atoms with Gasteiger partial charge in [-0.2, -0.15) is 0 Å². The highest BCUT2D eigenvalue weighted by atomic mass is 19.3. The summed E-state index contributed by atoms with van der Waals surface area (Å²) in [7, 11) is 1.48. The van der Waals surface area contributed by atoms with Crippen molar-refractivity contribution in [2.24, 2.45) is 11.8 Å². The van der Waals surface area contributed by atoms with E-state index in [4.69, 9.17) is 15.2 Å². The molecular weight excluding hydrogens is 505 g/mol. The van der Waals surface area contributed by atoms with Gasteiger partial charge in [-0.05, 0) is 54.2 Å². The number of amidine groups is 1. The molecule has 2 fully saturated rings. The second kappa shape index (κ2) is 9.93. The SMILES string of the molecule is Cc1cc(CN2CCC(F)(F)[C@H](C)C2)cc2c(=O)c(-c3cccc(C(F)(C(=N)N(C)C=N)C4CC4)c3)coc12. The minimum atomic E-state index is -2.66. The summed E-state index contributed by atoms with van der Waals surface area (Å²) < 4.78 is 50.3. The number of rotatable bonds is 7. The van der Waals surface area contributed by atoms with Crippen molar-refractivity contribution in [3.05, 3.63) is 69.6 Å². The summed E-state index contributed by atoms with van der Waals surface area (Å²) in [6, 6.07) is 10.3. The Bertz CT molecular complexity index is 1500. The molecule has 2 aromatic carbocycles. The third-order valence-corrected chi connectivity index (χ3v) is 8.16. The molecule has 3 aromatic rings. The van der Waals surface area contributed by atoms with E-state index in [1.807, 2.05) is 17.9 Å². The number of nitrogens with one attached hydrogen (secondary N) is 2. The Hall–Kier alpha value is -3.46. The van der Waals surface area contributed by atoms with Crippen molar-refractivity contribution >= 4 is 23.1 Å². The number of likely N-dealkylation sites (tertiary alicyclic amines) is 1. The van der Waals surface area contributed by atoms with Gasteiger partial charge in [-0.15, -0.1) is 0 Å². The molecule has 2 N–H and O–H groups in total. The van der Waals surface area contributed by atoms with E-state index >= 15 is 4.39 Å². The van der Waals surface area contributed by atoms with Gasteiger partial charge < -0.3 is 9.32 Å². The van der Waals surface area contributed by atoms with Crippen LogP contribution in [0.3, 0.4) is 0 Å². The normalized spacial score (nSPS) is 20.9. The molecule has 1 aliphatic heterocycles. The third-order valence-electron chi connectivity index (χ3n) is 8.16. The molecule has 2 aliphatic rings. The van der Waals surface area contributed by atoms with E-state index < -0.39 is 17.5 Å². The van der Waals surface area contributed by atoms with Crippen molar-refractivity contribution in [1.82, 2.24) is 9.80 Å². The van der Waals surface area contributed by atoms with Crippen molar-refractivity contribution in [2.75, 3.05) is 20.1 Å². The number of hydrogen-bond acceptors (Lipinski definition) is 5. The minimum absolute atomic E-state index is 0.187. The van der Waals surface area contributed by atoms with Crippen LogP contribution in [0.5, 0.6) is 0 Å². The maximum absolute atomic E-state index is 16.5. The lowest BCUT2D eigenvalue weighted by Gasteiger charge is -2.36. The Morgan fingerprint density at radius 2 is 2.03 bits per heavy atom. The molecule has 0 bridgehead atoms. The summed E-state index contributed by atoms with van der Waals surface area (Å²) in [6.45, 7) is 4.42. The smallest absolute Gasteiger partial charge is 0.253 e. The molecule has 1 aromatic heterocycles. The molecule has 2 atom stereocenters. The molecule has 0 amide bonds. The Morgan fingerprint density at radius 3 is 2.69 bits per heavy atom. The molecule has 9 heteroatoms. The first-order chi connectivity index (χ1) is 18.5. The predicted molar refractivity (Wildman–Crippen MR) is 146 cm³/mol. The Balaban J connectivity index is 1.51. The molecule has 1 saturated heterocycles. The number of halogens is 3. The molecule has 6 nitrogen and oxygen atoms in total. The molecule has 5 rings (SSSR count). The number of hydrogen-bond donors (Lipinski definition) is 2. The summed E-state index contributed by atoms with van der Waals surface area (Å²) in [5.41, 5.74) is 0.745. The van der Waals surface area contributed by atoms with E-state index in [1.165, 1.54) is 13.3 Å². The number of nitrogens with zero attached hydrogens (tertiary/aromatic N) is 2. The van der Waals surface area contributed by atoms with Crippen molar-refractivity contribution in [3.63, 3.8) is 0 Å². The van der Waals surface area contributed by atoms with Gasteiger partial charge in [-0.25, -0.2) is 13.2 Å². The van der Waals surface area contributed by atoms with Gasteiger partial charge in [-0.3, -0.25) is 20.5 Å². The van der Waals surface area contributed by atoms with Crippen LogP contribution < -0.4 is 5.43 Å². The lowest BCUT2D eigenvalue weighted by atomic mass is 9.87. The summed E-state index contributed by atoms with van der Waals surface area (Å²) in [5, 5.41) is 16.3. The van der Waals surface area contributed by atoms with Crippen LogP contribution in [0.4, 0.5) is 13.2 Å². The number of alkyl halides is 3. The molecule has 1 unspecified atom stereocenters. The zero-order chi connectivity index (χ0) is 28.1. The van der Waals surface area contributed by atoms with Gasteiger partial charge in [0, 0.05) is 44.9 Å². The van der Waals surface area contributed by atoms with E-state index in [9.17, 15) is 13.6 Å². The lowest BCUT2D eigenvalue weighted by molar-refractivity contribution is -0.100. The van der Waals surface area contributed by atoms with E-state index in [1.54, 1.807) is 37.3 Å². The fraction of sp³-hybridized carbons (Fsp3) is 0.433. The fourth-order valence-corrected chi connectivity index (χ4v) is 5.63. The first-order valence-corrected chi connectivity index (χ1v) is 13.2. The number of aryl methyl sites for hydroxylation is 1. The Labute approximate surface area is 225 Å². The molecular formula is C30H33F3N4O2.